The molecule has 7 nitrogen and oxygen atoms in total. The third-order valence-corrected chi connectivity index (χ3v) is 5.70. The van der Waals surface area contributed by atoms with E-state index in [4.69, 9.17) is 12.2 Å². The monoisotopic (exact) mass is 441 g/mol. The summed E-state index contributed by atoms with van der Waals surface area (Å²) in [5, 5.41) is 9.93. The average molecular weight is 442 g/mol. The third-order valence-electron chi connectivity index (χ3n) is 4.34. The van der Waals surface area contributed by atoms with E-state index in [1.54, 1.807) is 26.2 Å². The molecule has 3 rings (SSSR count). The molecule has 0 bridgehead atoms. The summed E-state index contributed by atoms with van der Waals surface area (Å²) in [5.41, 5.74) is 2.78. The summed E-state index contributed by atoms with van der Waals surface area (Å²) in [6, 6.07) is 15.2. The molecule has 1 heterocycles. The molecule has 0 saturated carbocycles. The topological polar surface area (TPSA) is 83.0 Å². The summed E-state index contributed by atoms with van der Waals surface area (Å²) in [5.74, 6) is 0.581. The van der Waals surface area contributed by atoms with E-state index >= 15 is 0 Å². The fourth-order valence-electron chi connectivity index (χ4n) is 2.68. The first-order valence-electron chi connectivity index (χ1n) is 9.35. The second-order valence-electron chi connectivity index (χ2n) is 6.95. The van der Waals surface area contributed by atoms with Gasteiger partial charge in [0, 0.05) is 43.2 Å². The molecule has 2 aromatic carbocycles. The summed E-state index contributed by atoms with van der Waals surface area (Å²) in [4.78, 5) is 26.5. The van der Waals surface area contributed by atoms with Crippen LogP contribution in [0.2, 0.25) is 0 Å². The van der Waals surface area contributed by atoms with Crippen LogP contribution in [0.25, 0.3) is 11.4 Å². The molecule has 0 saturated heterocycles. The molecule has 0 unspecified atom stereocenters. The molecular weight excluding hydrogens is 418 g/mol. The van der Waals surface area contributed by atoms with Crippen molar-refractivity contribution in [1.29, 1.82) is 0 Å². The van der Waals surface area contributed by atoms with Crippen molar-refractivity contribution in [3.63, 3.8) is 0 Å². The summed E-state index contributed by atoms with van der Waals surface area (Å²) in [7, 11) is 3.42. The van der Waals surface area contributed by atoms with Crippen LogP contribution in [0.1, 0.15) is 12.0 Å². The van der Waals surface area contributed by atoms with E-state index in [-0.39, 0.29) is 17.6 Å². The third kappa shape index (κ3) is 5.58. The number of carbonyl (C=O) groups excluding carboxylic acids is 2. The molecule has 0 aliphatic carbocycles. The number of hydrogen-bond acceptors (Lipinski definition) is 5. The van der Waals surface area contributed by atoms with Crippen LogP contribution in [0, 0.1) is 11.7 Å². The zero-order valence-electron chi connectivity index (χ0n) is 17.0. The Hall–Kier alpha value is -2.91. The van der Waals surface area contributed by atoms with Gasteiger partial charge < -0.3 is 10.2 Å². The van der Waals surface area contributed by atoms with Crippen LogP contribution in [0.3, 0.4) is 0 Å². The van der Waals surface area contributed by atoms with Gasteiger partial charge in [-0.05, 0) is 55.2 Å². The van der Waals surface area contributed by atoms with Crippen molar-refractivity contribution in [2.24, 2.45) is 0 Å². The standard InChI is InChI=1S/C21H23N5O2S2/c1-14-4-6-15(7-5-14)19-23-24-20(29)26(19)13-12-18(27)22-16-8-10-17(11-9-16)30-21(28)25(2)3/h4-11H,12-13H2,1-3H3,(H,22,27)(H,24,29). The molecule has 0 aliphatic heterocycles. The Morgan fingerprint density at radius 1 is 1.13 bits per heavy atom. The number of H-pyrrole nitrogens is 1. The maximum atomic E-state index is 12.4. The number of thioether (sulfide) groups is 1. The van der Waals surface area contributed by atoms with E-state index in [1.165, 1.54) is 4.90 Å². The number of anilines is 1. The highest BCUT2D eigenvalue weighted by Crippen LogP contribution is 2.23. The van der Waals surface area contributed by atoms with Crippen LogP contribution in [0.5, 0.6) is 0 Å². The molecule has 0 radical (unpaired) electrons. The van der Waals surface area contributed by atoms with E-state index in [1.807, 2.05) is 47.9 Å². The van der Waals surface area contributed by atoms with Gasteiger partial charge in [-0.15, -0.1) is 0 Å². The SMILES string of the molecule is Cc1ccc(-c2n[nH]c(=S)n2CCC(=O)Nc2ccc(SC(=O)N(C)C)cc2)cc1. The maximum Gasteiger partial charge on any atom is 0.285 e. The highest BCUT2D eigenvalue weighted by molar-refractivity contribution is 8.13. The summed E-state index contributed by atoms with van der Waals surface area (Å²) in [6.45, 7) is 2.44. The number of nitrogens with one attached hydrogen (secondary N) is 2. The van der Waals surface area contributed by atoms with E-state index in [0.29, 0.717) is 22.8 Å². The Morgan fingerprint density at radius 2 is 1.80 bits per heavy atom. The van der Waals surface area contributed by atoms with Crippen LogP contribution in [0.15, 0.2) is 53.4 Å². The molecule has 2 amide bonds. The van der Waals surface area contributed by atoms with Gasteiger partial charge in [0.25, 0.3) is 5.24 Å². The fraction of sp³-hybridized carbons (Fsp3) is 0.238. The van der Waals surface area contributed by atoms with Crippen molar-refractivity contribution in [3.05, 3.63) is 58.9 Å². The first kappa shape index (κ1) is 21.8. The van der Waals surface area contributed by atoms with Crippen LogP contribution in [0.4, 0.5) is 10.5 Å². The Labute approximate surface area is 184 Å². The molecule has 2 N–H and O–H groups in total. The minimum Gasteiger partial charge on any atom is -0.339 e. The Morgan fingerprint density at radius 3 is 2.43 bits per heavy atom. The van der Waals surface area contributed by atoms with Gasteiger partial charge in [0.15, 0.2) is 10.6 Å². The molecule has 30 heavy (non-hydrogen) atoms. The van der Waals surface area contributed by atoms with E-state index in [0.717, 1.165) is 27.8 Å². The molecule has 3 aromatic rings. The second kappa shape index (κ2) is 9.73. The number of aromatic amines is 1. The van der Waals surface area contributed by atoms with Crippen molar-refractivity contribution >= 4 is 40.8 Å². The minimum absolute atomic E-state index is 0.0481. The van der Waals surface area contributed by atoms with Gasteiger partial charge in [-0.2, -0.15) is 5.10 Å². The Kier molecular flexibility index (Phi) is 7.07. The number of rotatable bonds is 6. The van der Waals surface area contributed by atoms with Gasteiger partial charge in [-0.25, -0.2) is 0 Å². The van der Waals surface area contributed by atoms with Gasteiger partial charge in [0.05, 0.1) is 0 Å². The Bertz CT molecular complexity index is 1090. The van der Waals surface area contributed by atoms with E-state index < -0.39 is 0 Å². The predicted molar refractivity (Wildman–Crippen MR) is 122 cm³/mol. The fourth-order valence-corrected chi connectivity index (χ4v) is 3.56. The molecule has 0 aliphatic rings. The lowest BCUT2D eigenvalue weighted by Crippen LogP contribution is -2.16. The van der Waals surface area contributed by atoms with Gasteiger partial charge in [0.1, 0.15) is 0 Å². The summed E-state index contributed by atoms with van der Waals surface area (Å²) < 4.78 is 2.30. The normalized spacial score (nSPS) is 10.6. The highest BCUT2D eigenvalue weighted by atomic mass is 32.2. The second-order valence-corrected chi connectivity index (χ2v) is 8.37. The van der Waals surface area contributed by atoms with Gasteiger partial charge in [-0.1, -0.05) is 29.8 Å². The first-order chi connectivity index (χ1) is 14.3. The lowest BCUT2D eigenvalue weighted by atomic mass is 10.1. The van der Waals surface area contributed by atoms with Gasteiger partial charge in [-0.3, -0.25) is 19.3 Å². The molecule has 0 spiro atoms. The largest absolute Gasteiger partial charge is 0.339 e. The zero-order chi connectivity index (χ0) is 21.7. The number of aromatic nitrogens is 3. The number of benzene rings is 2. The molecular formula is C21H23N5O2S2. The summed E-state index contributed by atoms with van der Waals surface area (Å²) in [6.07, 6.45) is 0.252. The van der Waals surface area contributed by atoms with Gasteiger partial charge >= 0.3 is 0 Å². The predicted octanol–water partition coefficient (Wildman–Crippen LogP) is 4.72. The lowest BCUT2D eigenvalue weighted by molar-refractivity contribution is -0.116. The van der Waals surface area contributed by atoms with E-state index in [9.17, 15) is 9.59 Å². The Balaban J connectivity index is 1.60. The number of carbonyl (C=O) groups is 2. The van der Waals surface area contributed by atoms with Crippen LogP contribution in [-0.4, -0.2) is 44.9 Å². The highest BCUT2D eigenvalue weighted by Gasteiger charge is 2.11. The summed E-state index contributed by atoms with van der Waals surface area (Å²) >= 11 is 6.47. The van der Waals surface area contributed by atoms with Crippen molar-refractivity contribution in [2.45, 2.75) is 24.8 Å². The van der Waals surface area contributed by atoms with Crippen LogP contribution < -0.4 is 5.32 Å². The number of amides is 2. The number of hydrogen-bond donors (Lipinski definition) is 2. The number of nitrogens with zero attached hydrogens (tertiary/aromatic N) is 3. The zero-order valence-corrected chi connectivity index (χ0v) is 18.6. The first-order valence-corrected chi connectivity index (χ1v) is 10.6. The van der Waals surface area contributed by atoms with Crippen molar-refractivity contribution in [3.8, 4) is 11.4 Å². The average Bonchev–Trinajstić information content (AvgIpc) is 3.08. The molecule has 0 atom stereocenters. The molecule has 9 heteroatoms. The van der Waals surface area contributed by atoms with Crippen LogP contribution in [-0.2, 0) is 11.3 Å². The lowest BCUT2D eigenvalue weighted by Gasteiger charge is -2.10. The number of aryl methyl sites for hydroxylation is 1. The molecule has 1 aromatic heterocycles. The van der Waals surface area contributed by atoms with Crippen LogP contribution >= 0.6 is 24.0 Å². The smallest absolute Gasteiger partial charge is 0.285 e. The maximum absolute atomic E-state index is 12.4. The molecule has 156 valence electrons. The van der Waals surface area contributed by atoms with Gasteiger partial charge in [0.2, 0.25) is 5.91 Å². The van der Waals surface area contributed by atoms with E-state index in [2.05, 4.69) is 15.5 Å². The quantitative estimate of drug-likeness (QED) is 0.427. The van der Waals surface area contributed by atoms with Crippen molar-refractivity contribution < 1.29 is 9.59 Å². The minimum atomic E-state index is -0.127. The molecule has 0 fully saturated rings. The van der Waals surface area contributed by atoms with Crippen molar-refractivity contribution in [2.75, 3.05) is 19.4 Å². The van der Waals surface area contributed by atoms with Crippen molar-refractivity contribution in [1.82, 2.24) is 19.7 Å².